The quantitative estimate of drug-likeness (QED) is 0.701. The largest absolute Gasteiger partial charge is 0.497 e. The maximum Gasteiger partial charge on any atom is 0.118 e. The summed E-state index contributed by atoms with van der Waals surface area (Å²) in [6, 6.07) is 14.8. The van der Waals surface area contributed by atoms with Crippen molar-refractivity contribution >= 4 is 10.9 Å². The molecule has 0 saturated heterocycles. The van der Waals surface area contributed by atoms with Crippen LogP contribution in [0.3, 0.4) is 0 Å². The van der Waals surface area contributed by atoms with Gasteiger partial charge in [-0.3, -0.25) is 4.68 Å². The second-order valence-electron chi connectivity index (χ2n) is 5.59. The SMILES string of the molecule is COc1ccc(-c2nn(C(C)C)c3c(C)cccc23)cc1. The topological polar surface area (TPSA) is 27.1 Å². The van der Waals surface area contributed by atoms with Crippen LogP contribution in [0.1, 0.15) is 25.5 Å². The molecule has 0 spiro atoms. The van der Waals surface area contributed by atoms with Crippen LogP contribution in [0.25, 0.3) is 22.2 Å². The van der Waals surface area contributed by atoms with Crippen LogP contribution in [0.4, 0.5) is 0 Å². The van der Waals surface area contributed by atoms with E-state index in [0.29, 0.717) is 6.04 Å². The van der Waals surface area contributed by atoms with Crippen molar-refractivity contribution in [3.05, 3.63) is 48.0 Å². The van der Waals surface area contributed by atoms with Crippen molar-refractivity contribution in [1.82, 2.24) is 9.78 Å². The molecule has 3 heteroatoms. The maximum absolute atomic E-state index is 5.23. The summed E-state index contributed by atoms with van der Waals surface area (Å²) in [5.74, 6) is 0.863. The molecule has 0 radical (unpaired) electrons. The van der Waals surface area contributed by atoms with Gasteiger partial charge in [-0.1, -0.05) is 18.2 Å². The Kier molecular flexibility index (Phi) is 3.42. The minimum atomic E-state index is 0.334. The van der Waals surface area contributed by atoms with Crippen LogP contribution >= 0.6 is 0 Å². The van der Waals surface area contributed by atoms with Crippen molar-refractivity contribution in [1.29, 1.82) is 0 Å². The molecule has 0 unspecified atom stereocenters. The first-order valence-corrected chi connectivity index (χ1v) is 7.24. The van der Waals surface area contributed by atoms with Crippen molar-refractivity contribution in [2.24, 2.45) is 0 Å². The summed E-state index contributed by atoms with van der Waals surface area (Å²) in [6.07, 6.45) is 0. The molecule has 0 N–H and O–H groups in total. The fourth-order valence-electron chi connectivity index (χ4n) is 2.70. The molecule has 3 nitrogen and oxygen atoms in total. The third-order valence-electron chi connectivity index (χ3n) is 3.78. The van der Waals surface area contributed by atoms with Crippen molar-refractivity contribution in [2.75, 3.05) is 7.11 Å². The molecule has 0 atom stereocenters. The summed E-state index contributed by atoms with van der Waals surface area (Å²) < 4.78 is 7.34. The Hall–Kier alpha value is -2.29. The molecule has 108 valence electrons. The van der Waals surface area contributed by atoms with Gasteiger partial charge in [-0.2, -0.15) is 5.10 Å². The highest BCUT2D eigenvalue weighted by atomic mass is 16.5. The molecule has 21 heavy (non-hydrogen) atoms. The molecule has 1 aromatic heterocycles. The number of fused-ring (bicyclic) bond motifs is 1. The molecule has 0 aliphatic carbocycles. The van der Waals surface area contributed by atoms with E-state index >= 15 is 0 Å². The first kappa shape index (κ1) is 13.7. The van der Waals surface area contributed by atoms with Gasteiger partial charge in [-0.25, -0.2) is 0 Å². The van der Waals surface area contributed by atoms with Gasteiger partial charge in [-0.15, -0.1) is 0 Å². The normalized spacial score (nSPS) is 11.3. The third-order valence-corrected chi connectivity index (χ3v) is 3.78. The molecule has 0 aliphatic rings. The van der Waals surface area contributed by atoms with Crippen molar-refractivity contribution in [3.8, 4) is 17.0 Å². The smallest absolute Gasteiger partial charge is 0.118 e. The highest BCUT2D eigenvalue weighted by Gasteiger charge is 2.15. The van der Waals surface area contributed by atoms with E-state index in [2.05, 4.69) is 55.8 Å². The lowest BCUT2D eigenvalue weighted by molar-refractivity contribution is 0.415. The zero-order valence-corrected chi connectivity index (χ0v) is 12.9. The summed E-state index contributed by atoms with van der Waals surface area (Å²) in [6.45, 7) is 6.47. The van der Waals surface area contributed by atoms with Gasteiger partial charge < -0.3 is 4.74 Å². The van der Waals surface area contributed by atoms with Crippen LogP contribution in [0.2, 0.25) is 0 Å². The van der Waals surface area contributed by atoms with Gasteiger partial charge >= 0.3 is 0 Å². The van der Waals surface area contributed by atoms with Gasteiger partial charge in [0.15, 0.2) is 0 Å². The number of methoxy groups -OCH3 is 1. The van der Waals surface area contributed by atoms with Crippen LogP contribution in [-0.4, -0.2) is 16.9 Å². The Labute approximate surface area is 125 Å². The Balaban J connectivity index is 2.25. The first-order chi connectivity index (χ1) is 10.1. The molecule has 3 rings (SSSR count). The van der Waals surface area contributed by atoms with E-state index in [-0.39, 0.29) is 0 Å². The van der Waals surface area contributed by atoms with Crippen molar-refractivity contribution < 1.29 is 4.74 Å². The standard InChI is InChI=1S/C18H20N2O/c1-12(2)20-18-13(3)6-5-7-16(18)17(19-20)14-8-10-15(21-4)11-9-14/h5-12H,1-4H3. The van der Waals surface area contributed by atoms with Gasteiger partial charge in [0.25, 0.3) is 0 Å². The monoisotopic (exact) mass is 280 g/mol. The number of aromatic nitrogens is 2. The van der Waals surface area contributed by atoms with Crippen LogP contribution in [-0.2, 0) is 0 Å². The fourth-order valence-corrected chi connectivity index (χ4v) is 2.70. The Morgan fingerprint density at radius 1 is 1.05 bits per heavy atom. The van der Waals surface area contributed by atoms with Crippen LogP contribution in [0.5, 0.6) is 5.75 Å². The van der Waals surface area contributed by atoms with E-state index in [1.54, 1.807) is 7.11 Å². The number of hydrogen-bond donors (Lipinski definition) is 0. The Morgan fingerprint density at radius 3 is 2.38 bits per heavy atom. The molecule has 2 aromatic carbocycles. The number of nitrogens with zero attached hydrogens (tertiary/aromatic N) is 2. The summed E-state index contributed by atoms with van der Waals surface area (Å²) >= 11 is 0. The number of benzene rings is 2. The number of ether oxygens (including phenoxy) is 1. The highest BCUT2D eigenvalue weighted by Crippen LogP contribution is 2.32. The second-order valence-corrected chi connectivity index (χ2v) is 5.59. The van der Waals surface area contributed by atoms with E-state index in [1.807, 2.05) is 12.1 Å². The summed E-state index contributed by atoms with van der Waals surface area (Å²) in [4.78, 5) is 0. The highest BCUT2D eigenvalue weighted by molar-refractivity contribution is 5.95. The predicted molar refractivity (Wildman–Crippen MR) is 86.8 cm³/mol. The number of para-hydroxylation sites is 1. The van der Waals surface area contributed by atoms with Gasteiger partial charge in [-0.05, 0) is 50.6 Å². The zero-order chi connectivity index (χ0) is 15.0. The van der Waals surface area contributed by atoms with Gasteiger partial charge in [0.2, 0.25) is 0 Å². The molecule has 0 fully saturated rings. The van der Waals surface area contributed by atoms with Crippen LogP contribution in [0.15, 0.2) is 42.5 Å². The second kappa shape index (κ2) is 5.24. The van der Waals surface area contributed by atoms with Gasteiger partial charge in [0.05, 0.1) is 12.6 Å². The molecular formula is C18H20N2O. The fraction of sp³-hybridized carbons (Fsp3) is 0.278. The molecule has 1 heterocycles. The van der Waals surface area contributed by atoms with Crippen molar-refractivity contribution in [2.45, 2.75) is 26.8 Å². The molecule has 0 bridgehead atoms. The molecule has 3 aromatic rings. The number of hydrogen-bond acceptors (Lipinski definition) is 2. The number of rotatable bonds is 3. The Morgan fingerprint density at radius 2 is 1.76 bits per heavy atom. The Bertz CT molecular complexity index is 770. The minimum Gasteiger partial charge on any atom is -0.497 e. The number of aryl methyl sites for hydroxylation is 1. The van der Waals surface area contributed by atoms with E-state index in [1.165, 1.54) is 16.5 Å². The zero-order valence-electron chi connectivity index (χ0n) is 12.9. The summed E-state index contributed by atoms with van der Waals surface area (Å²) in [5, 5.41) is 6.05. The average Bonchev–Trinajstić information content (AvgIpc) is 2.88. The van der Waals surface area contributed by atoms with Gasteiger partial charge in [0, 0.05) is 17.0 Å². The van der Waals surface area contributed by atoms with E-state index in [4.69, 9.17) is 9.84 Å². The van der Waals surface area contributed by atoms with E-state index in [0.717, 1.165) is 17.0 Å². The van der Waals surface area contributed by atoms with Gasteiger partial charge in [0.1, 0.15) is 11.4 Å². The maximum atomic E-state index is 5.23. The molecule has 0 saturated carbocycles. The predicted octanol–water partition coefficient (Wildman–Crippen LogP) is 4.60. The molecule has 0 amide bonds. The van der Waals surface area contributed by atoms with Crippen LogP contribution < -0.4 is 4.74 Å². The van der Waals surface area contributed by atoms with E-state index in [9.17, 15) is 0 Å². The van der Waals surface area contributed by atoms with Crippen molar-refractivity contribution in [3.63, 3.8) is 0 Å². The lowest BCUT2D eigenvalue weighted by Gasteiger charge is -2.08. The lowest BCUT2D eigenvalue weighted by atomic mass is 10.1. The summed E-state index contributed by atoms with van der Waals surface area (Å²) in [7, 11) is 1.68. The summed E-state index contributed by atoms with van der Waals surface area (Å²) in [5.41, 5.74) is 4.63. The molecular weight excluding hydrogens is 260 g/mol. The average molecular weight is 280 g/mol. The van der Waals surface area contributed by atoms with E-state index < -0.39 is 0 Å². The van der Waals surface area contributed by atoms with Crippen LogP contribution in [0, 0.1) is 6.92 Å². The third kappa shape index (κ3) is 2.29. The first-order valence-electron chi connectivity index (χ1n) is 7.24. The molecule has 0 aliphatic heterocycles. The lowest BCUT2D eigenvalue weighted by Crippen LogP contribution is -2.03. The minimum absolute atomic E-state index is 0.334.